The van der Waals surface area contributed by atoms with Gasteiger partial charge in [0.15, 0.2) is 0 Å². The van der Waals surface area contributed by atoms with Gasteiger partial charge in [0.05, 0.1) is 13.5 Å². The summed E-state index contributed by atoms with van der Waals surface area (Å²) in [5.41, 5.74) is 0.852. The van der Waals surface area contributed by atoms with Crippen LogP contribution in [0.5, 0.6) is 0 Å². The zero-order chi connectivity index (χ0) is 10.6. The van der Waals surface area contributed by atoms with Gasteiger partial charge in [0.1, 0.15) is 11.9 Å². The second kappa shape index (κ2) is 4.81. The molecular weight excluding hydrogens is 184 g/mol. The predicted molar refractivity (Wildman–Crippen MR) is 50.8 cm³/mol. The lowest BCUT2D eigenvalue weighted by Gasteiger charge is -2.21. The molecule has 0 radical (unpaired) electrons. The number of ether oxygens (including phenoxy) is 2. The van der Waals surface area contributed by atoms with E-state index in [-0.39, 0.29) is 12.5 Å². The number of hydrogen-bond donors (Lipinski definition) is 1. The van der Waals surface area contributed by atoms with Gasteiger partial charge in [-0.2, -0.15) is 0 Å². The molecule has 0 aliphatic heterocycles. The molecule has 0 saturated carbocycles. The smallest absolute Gasteiger partial charge is 0.307 e. The molecule has 0 spiro atoms. The molecule has 78 valence electrons. The molecule has 1 rings (SSSR count). The molecule has 0 amide bonds. The summed E-state index contributed by atoms with van der Waals surface area (Å²) < 4.78 is 10.3. The molecule has 0 bridgehead atoms. The van der Waals surface area contributed by atoms with E-state index in [1.54, 1.807) is 26.4 Å². The van der Waals surface area contributed by atoms with Crippen molar-refractivity contribution in [1.82, 2.24) is 0 Å². The van der Waals surface area contributed by atoms with Crippen molar-refractivity contribution in [3.8, 4) is 0 Å². The van der Waals surface area contributed by atoms with E-state index in [1.165, 1.54) is 0 Å². The molecule has 1 N–H and O–H groups in total. The molecule has 1 atom stereocenters. The summed E-state index contributed by atoms with van der Waals surface area (Å²) in [5.74, 6) is -0.0815. The van der Waals surface area contributed by atoms with Crippen LogP contribution in [0.3, 0.4) is 0 Å². The van der Waals surface area contributed by atoms with E-state index < -0.39 is 5.97 Å². The van der Waals surface area contributed by atoms with Crippen LogP contribution in [-0.4, -0.2) is 31.4 Å². The van der Waals surface area contributed by atoms with Crippen LogP contribution in [0.2, 0.25) is 0 Å². The van der Waals surface area contributed by atoms with Crippen LogP contribution < -0.4 is 0 Å². The number of hydrogen-bond acceptors (Lipinski definition) is 3. The normalized spacial score (nSPS) is 21.1. The lowest BCUT2D eigenvalue weighted by Crippen LogP contribution is -2.19. The van der Waals surface area contributed by atoms with E-state index in [9.17, 15) is 4.79 Å². The Balaban J connectivity index is 2.70. The first-order chi connectivity index (χ1) is 6.67. The number of carboxylic acids is 1. The third-order valence-electron chi connectivity index (χ3n) is 2.15. The second-order valence-corrected chi connectivity index (χ2v) is 3.10. The topological polar surface area (TPSA) is 55.8 Å². The first kappa shape index (κ1) is 10.8. The molecular formula is C10H14O4. The minimum Gasteiger partial charge on any atom is -0.498 e. The van der Waals surface area contributed by atoms with E-state index in [0.29, 0.717) is 6.42 Å². The van der Waals surface area contributed by atoms with Crippen molar-refractivity contribution in [2.45, 2.75) is 18.9 Å². The average Bonchev–Trinajstić information content (AvgIpc) is 2.16. The van der Waals surface area contributed by atoms with Gasteiger partial charge in [-0.25, -0.2) is 0 Å². The summed E-state index contributed by atoms with van der Waals surface area (Å²) in [6.07, 6.45) is 4.04. The van der Waals surface area contributed by atoms with Crippen molar-refractivity contribution in [3.05, 3.63) is 23.5 Å². The number of rotatable bonds is 4. The molecule has 14 heavy (non-hydrogen) atoms. The second-order valence-electron chi connectivity index (χ2n) is 3.10. The molecule has 0 heterocycles. The van der Waals surface area contributed by atoms with E-state index in [4.69, 9.17) is 14.6 Å². The fourth-order valence-corrected chi connectivity index (χ4v) is 1.44. The van der Waals surface area contributed by atoms with Crippen molar-refractivity contribution in [3.63, 3.8) is 0 Å². The zero-order valence-corrected chi connectivity index (χ0v) is 8.32. The first-order valence-electron chi connectivity index (χ1n) is 4.35. The molecule has 0 aromatic carbocycles. The maximum Gasteiger partial charge on any atom is 0.307 e. The Morgan fingerprint density at radius 3 is 2.79 bits per heavy atom. The zero-order valence-electron chi connectivity index (χ0n) is 8.32. The van der Waals surface area contributed by atoms with Gasteiger partial charge in [0.2, 0.25) is 0 Å². The van der Waals surface area contributed by atoms with E-state index in [0.717, 1.165) is 11.3 Å². The fourth-order valence-electron chi connectivity index (χ4n) is 1.44. The molecule has 0 aromatic rings. The van der Waals surface area contributed by atoms with Crippen LogP contribution in [0.1, 0.15) is 12.8 Å². The molecule has 1 aliphatic rings. The van der Waals surface area contributed by atoms with Gasteiger partial charge in [-0.15, -0.1) is 0 Å². The van der Waals surface area contributed by atoms with Gasteiger partial charge in [-0.3, -0.25) is 4.79 Å². The highest BCUT2D eigenvalue weighted by Crippen LogP contribution is 2.23. The van der Waals surface area contributed by atoms with E-state index >= 15 is 0 Å². The Hall–Kier alpha value is -1.29. The van der Waals surface area contributed by atoms with Crippen molar-refractivity contribution in [1.29, 1.82) is 0 Å². The van der Waals surface area contributed by atoms with Crippen LogP contribution in [0, 0.1) is 0 Å². The minimum absolute atomic E-state index is 0.0629. The largest absolute Gasteiger partial charge is 0.498 e. The summed E-state index contributed by atoms with van der Waals surface area (Å²) in [4.78, 5) is 10.5. The highest BCUT2D eigenvalue weighted by Gasteiger charge is 2.20. The number of aliphatic carboxylic acids is 1. The maximum atomic E-state index is 10.5. The summed E-state index contributed by atoms with van der Waals surface area (Å²) in [6.45, 7) is 0. The average molecular weight is 198 g/mol. The number of carboxylic acid groups (broad SMARTS) is 1. The van der Waals surface area contributed by atoms with Crippen molar-refractivity contribution >= 4 is 5.97 Å². The molecule has 4 nitrogen and oxygen atoms in total. The highest BCUT2D eigenvalue weighted by atomic mass is 16.5. The fraction of sp³-hybridized carbons (Fsp3) is 0.500. The molecule has 1 aliphatic carbocycles. The molecule has 4 heteroatoms. The van der Waals surface area contributed by atoms with Crippen molar-refractivity contribution < 1.29 is 19.4 Å². The summed E-state index contributed by atoms with van der Waals surface area (Å²) in [6, 6.07) is 0. The Kier molecular flexibility index (Phi) is 3.71. The maximum absolute atomic E-state index is 10.5. The summed E-state index contributed by atoms with van der Waals surface area (Å²) in [7, 11) is 3.16. The number of allylic oxidation sites excluding steroid dienone is 2. The minimum atomic E-state index is -0.819. The monoisotopic (exact) mass is 198 g/mol. The van der Waals surface area contributed by atoms with Gasteiger partial charge in [-0.1, -0.05) is 11.6 Å². The molecule has 0 aromatic heterocycles. The Labute approximate surface area is 82.8 Å². The molecule has 0 saturated heterocycles. The summed E-state index contributed by atoms with van der Waals surface area (Å²) >= 11 is 0. The van der Waals surface area contributed by atoms with Crippen LogP contribution in [-0.2, 0) is 14.3 Å². The first-order valence-corrected chi connectivity index (χ1v) is 4.35. The van der Waals surface area contributed by atoms with Gasteiger partial charge in [0, 0.05) is 13.5 Å². The van der Waals surface area contributed by atoms with Crippen LogP contribution in [0.25, 0.3) is 0 Å². The van der Waals surface area contributed by atoms with E-state index in [2.05, 4.69) is 0 Å². The van der Waals surface area contributed by atoms with E-state index in [1.807, 2.05) is 0 Å². The van der Waals surface area contributed by atoms with Gasteiger partial charge in [-0.05, 0) is 6.08 Å². The third-order valence-corrected chi connectivity index (χ3v) is 2.15. The third kappa shape index (κ3) is 2.60. The molecule has 0 fully saturated rings. The Bertz CT molecular complexity index is 278. The quantitative estimate of drug-likeness (QED) is 0.740. The lowest BCUT2D eigenvalue weighted by molar-refractivity contribution is -0.136. The van der Waals surface area contributed by atoms with Gasteiger partial charge < -0.3 is 14.6 Å². The van der Waals surface area contributed by atoms with Gasteiger partial charge >= 0.3 is 5.97 Å². The predicted octanol–water partition coefficient (Wildman–Crippen LogP) is 1.34. The van der Waals surface area contributed by atoms with Crippen LogP contribution in [0.4, 0.5) is 0 Å². The highest BCUT2D eigenvalue weighted by molar-refractivity contribution is 5.70. The van der Waals surface area contributed by atoms with Gasteiger partial charge in [0.25, 0.3) is 0 Å². The number of methoxy groups -OCH3 is 2. The van der Waals surface area contributed by atoms with Crippen molar-refractivity contribution in [2.75, 3.05) is 14.2 Å². The number of carbonyl (C=O) groups is 1. The summed E-state index contributed by atoms with van der Waals surface area (Å²) in [5, 5.41) is 8.61. The van der Waals surface area contributed by atoms with Crippen LogP contribution in [0.15, 0.2) is 23.5 Å². The molecule has 0 unspecified atom stereocenters. The standard InChI is InChI=1S/C10H14O4/c1-13-8-4-3-7(6-10(11)12)5-9(8)14-2/h3-4,9H,5-6H2,1-2H3,(H,11,12)/t9-/m0/s1. The van der Waals surface area contributed by atoms with Crippen molar-refractivity contribution in [2.24, 2.45) is 0 Å². The Morgan fingerprint density at radius 2 is 2.29 bits per heavy atom. The van der Waals surface area contributed by atoms with Crippen LogP contribution >= 0.6 is 0 Å². The Morgan fingerprint density at radius 1 is 1.57 bits per heavy atom. The SMILES string of the molecule is COC1=CC=C(CC(=O)O)C[C@@H]1OC. The lowest BCUT2D eigenvalue weighted by atomic mass is 9.98.